The second kappa shape index (κ2) is 11.4. The van der Waals surface area contributed by atoms with Crippen LogP contribution in [0.4, 0.5) is 0 Å². The lowest BCUT2D eigenvalue weighted by molar-refractivity contribution is 0.140. The van der Waals surface area contributed by atoms with Crippen LogP contribution in [0, 0.1) is 6.92 Å². The van der Waals surface area contributed by atoms with E-state index < -0.39 is 0 Å². The van der Waals surface area contributed by atoms with Gasteiger partial charge in [0.05, 0.1) is 13.2 Å². The van der Waals surface area contributed by atoms with Crippen LogP contribution in [0.3, 0.4) is 0 Å². The minimum Gasteiger partial charge on any atom is -0.488 e. The van der Waals surface area contributed by atoms with Gasteiger partial charge in [-0.15, -0.1) is 24.0 Å². The van der Waals surface area contributed by atoms with Gasteiger partial charge in [-0.1, -0.05) is 29.8 Å². The third kappa shape index (κ3) is 6.79. The van der Waals surface area contributed by atoms with Gasteiger partial charge in [0, 0.05) is 38.3 Å². The summed E-state index contributed by atoms with van der Waals surface area (Å²) < 4.78 is 11.6. The van der Waals surface area contributed by atoms with E-state index in [0.29, 0.717) is 30.8 Å². The number of benzene rings is 1. The van der Waals surface area contributed by atoms with Crippen LogP contribution in [0.15, 0.2) is 41.5 Å². The minimum atomic E-state index is 0. The molecule has 1 saturated heterocycles. The first kappa shape index (κ1) is 22.7. The number of halogens is 2. The molecule has 8 heteroatoms. The SMILES string of the molecule is CN=C(NCc1ccc(Cl)nc1)NCc1ccc(C)cc1OC1CCOC1.I. The number of rotatable bonds is 6. The maximum absolute atomic E-state index is 6.15. The predicted molar refractivity (Wildman–Crippen MR) is 123 cm³/mol. The Balaban J connectivity index is 0.00000280. The highest BCUT2D eigenvalue weighted by atomic mass is 127. The summed E-state index contributed by atoms with van der Waals surface area (Å²) in [6.07, 6.45) is 2.80. The largest absolute Gasteiger partial charge is 0.488 e. The number of aliphatic imine (C=N–C) groups is 1. The van der Waals surface area contributed by atoms with Gasteiger partial charge in [0.15, 0.2) is 5.96 Å². The molecule has 1 aliphatic heterocycles. The van der Waals surface area contributed by atoms with E-state index in [1.54, 1.807) is 19.3 Å². The molecular weight excluding hydrogens is 491 g/mol. The number of hydrogen-bond donors (Lipinski definition) is 2. The Hall–Kier alpha value is -1.58. The van der Waals surface area contributed by atoms with E-state index in [4.69, 9.17) is 21.1 Å². The van der Waals surface area contributed by atoms with Crippen LogP contribution < -0.4 is 15.4 Å². The predicted octanol–water partition coefficient (Wildman–Crippen LogP) is 3.69. The number of guanidine groups is 1. The van der Waals surface area contributed by atoms with Crippen LogP contribution in [0.25, 0.3) is 0 Å². The number of aromatic nitrogens is 1. The molecule has 2 aromatic rings. The maximum Gasteiger partial charge on any atom is 0.191 e. The topological polar surface area (TPSA) is 67.8 Å². The average Bonchev–Trinajstić information content (AvgIpc) is 3.18. The van der Waals surface area contributed by atoms with Crippen molar-refractivity contribution >= 4 is 41.5 Å². The fourth-order valence-corrected chi connectivity index (χ4v) is 2.91. The summed E-state index contributed by atoms with van der Waals surface area (Å²) in [5.74, 6) is 1.61. The third-order valence-corrected chi connectivity index (χ3v) is 4.55. The van der Waals surface area contributed by atoms with E-state index in [0.717, 1.165) is 29.9 Å². The highest BCUT2D eigenvalue weighted by Crippen LogP contribution is 2.23. The van der Waals surface area contributed by atoms with Crippen LogP contribution in [0.5, 0.6) is 5.75 Å². The fourth-order valence-electron chi connectivity index (χ4n) is 2.80. The summed E-state index contributed by atoms with van der Waals surface area (Å²) in [6.45, 7) is 4.71. The van der Waals surface area contributed by atoms with Crippen molar-refractivity contribution in [3.8, 4) is 5.75 Å². The Bertz CT molecular complexity index is 780. The standard InChI is InChI=1S/C20H25ClN4O2.HI/c1-14-3-5-16(18(9-14)27-17-7-8-26-13-17)12-25-20(22-2)24-11-15-4-6-19(21)23-10-15;/h3-6,9-10,17H,7-8,11-13H2,1-2H3,(H2,22,24,25);1H. The highest BCUT2D eigenvalue weighted by molar-refractivity contribution is 14.0. The Morgan fingerprint density at radius 3 is 2.79 bits per heavy atom. The van der Waals surface area contributed by atoms with Crippen LogP contribution in [-0.2, 0) is 17.8 Å². The molecule has 0 bridgehead atoms. The van der Waals surface area contributed by atoms with Gasteiger partial charge in [-0.2, -0.15) is 0 Å². The molecule has 0 amide bonds. The molecule has 152 valence electrons. The van der Waals surface area contributed by atoms with Gasteiger partial charge < -0.3 is 20.1 Å². The molecule has 1 atom stereocenters. The lowest BCUT2D eigenvalue weighted by Gasteiger charge is -2.18. The molecule has 1 aromatic heterocycles. The van der Waals surface area contributed by atoms with Crippen molar-refractivity contribution in [2.75, 3.05) is 20.3 Å². The number of ether oxygens (including phenoxy) is 2. The zero-order valence-corrected chi connectivity index (χ0v) is 19.2. The molecule has 6 nitrogen and oxygen atoms in total. The first-order valence-electron chi connectivity index (χ1n) is 9.03. The summed E-state index contributed by atoms with van der Waals surface area (Å²) in [4.78, 5) is 8.36. The van der Waals surface area contributed by atoms with E-state index >= 15 is 0 Å². The van der Waals surface area contributed by atoms with Crippen molar-refractivity contribution in [3.05, 3.63) is 58.4 Å². The van der Waals surface area contributed by atoms with Crippen molar-refractivity contribution in [2.45, 2.75) is 32.5 Å². The van der Waals surface area contributed by atoms with Gasteiger partial charge in [-0.25, -0.2) is 4.98 Å². The Kier molecular flexibility index (Phi) is 9.27. The van der Waals surface area contributed by atoms with Crippen LogP contribution in [0.1, 0.15) is 23.1 Å². The molecule has 3 rings (SSSR count). The van der Waals surface area contributed by atoms with Crippen molar-refractivity contribution in [1.29, 1.82) is 0 Å². The first-order valence-corrected chi connectivity index (χ1v) is 9.40. The van der Waals surface area contributed by atoms with Gasteiger partial charge in [0.1, 0.15) is 17.0 Å². The van der Waals surface area contributed by atoms with Crippen LogP contribution in [0.2, 0.25) is 5.15 Å². The van der Waals surface area contributed by atoms with Crippen molar-refractivity contribution in [3.63, 3.8) is 0 Å². The second-order valence-corrected chi connectivity index (χ2v) is 6.87. The normalized spacial score (nSPS) is 16.4. The van der Waals surface area contributed by atoms with Gasteiger partial charge in [-0.05, 0) is 30.2 Å². The number of hydrogen-bond acceptors (Lipinski definition) is 4. The zero-order chi connectivity index (χ0) is 19.1. The van der Waals surface area contributed by atoms with E-state index in [2.05, 4.69) is 45.7 Å². The van der Waals surface area contributed by atoms with Crippen molar-refractivity contribution < 1.29 is 9.47 Å². The number of nitrogens with one attached hydrogen (secondary N) is 2. The fraction of sp³-hybridized carbons (Fsp3) is 0.400. The molecule has 0 saturated carbocycles. The average molecular weight is 517 g/mol. The van der Waals surface area contributed by atoms with E-state index in [1.165, 1.54) is 5.56 Å². The molecule has 1 aliphatic rings. The number of aryl methyl sites for hydroxylation is 1. The van der Waals surface area contributed by atoms with Gasteiger partial charge in [0.2, 0.25) is 0 Å². The van der Waals surface area contributed by atoms with Gasteiger partial charge in [0.25, 0.3) is 0 Å². The number of nitrogens with zero attached hydrogens (tertiary/aromatic N) is 2. The monoisotopic (exact) mass is 516 g/mol. The zero-order valence-electron chi connectivity index (χ0n) is 16.1. The molecule has 2 heterocycles. The molecular formula is C20H26ClIN4O2. The van der Waals surface area contributed by atoms with Gasteiger partial charge in [-0.3, -0.25) is 4.99 Å². The summed E-state index contributed by atoms with van der Waals surface area (Å²) in [5, 5.41) is 7.09. The van der Waals surface area contributed by atoms with E-state index in [9.17, 15) is 0 Å². The molecule has 1 unspecified atom stereocenters. The van der Waals surface area contributed by atoms with Gasteiger partial charge >= 0.3 is 0 Å². The van der Waals surface area contributed by atoms with E-state index in [1.807, 2.05) is 6.07 Å². The maximum atomic E-state index is 6.15. The molecule has 28 heavy (non-hydrogen) atoms. The molecule has 0 radical (unpaired) electrons. The van der Waals surface area contributed by atoms with Crippen LogP contribution in [-0.4, -0.2) is 37.3 Å². The Morgan fingerprint density at radius 2 is 2.11 bits per heavy atom. The lowest BCUT2D eigenvalue weighted by atomic mass is 10.1. The molecule has 1 fully saturated rings. The summed E-state index contributed by atoms with van der Waals surface area (Å²) >= 11 is 5.82. The van der Waals surface area contributed by atoms with Crippen LogP contribution >= 0.6 is 35.6 Å². The first-order chi connectivity index (χ1) is 13.1. The summed E-state index contributed by atoms with van der Waals surface area (Å²) in [7, 11) is 1.75. The quantitative estimate of drug-likeness (QED) is 0.265. The lowest BCUT2D eigenvalue weighted by Crippen LogP contribution is -2.36. The summed E-state index contributed by atoms with van der Waals surface area (Å²) in [6, 6.07) is 9.96. The third-order valence-electron chi connectivity index (χ3n) is 4.32. The molecule has 1 aromatic carbocycles. The number of pyridine rings is 1. The second-order valence-electron chi connectivity index (χ2n) is 6.48. The molecule has 0 spiro atoms. The Labute approximate surface area is 188 Å². The van der Waals surface area contributed by atoms with E-state index in [-0.39, 0.29) is 30.1 Å². The van der Waals surface area contributed by atoms with Crippen molar-refractivity contribution in [2.24, 2.45) is 4.99 Å². The Morgan fingerprint density at radius 1 is 1.29 bits per heavy atom. The highest BCUT2D eigenvalue weighted by Gasteiger charge is 2.18. The minimum absolute atomic E-state index is 0. The smallest absolute Gasteiger partial charge is 0.191 e. The summed E-state index contributed by atoms with van der Waals surface area (Å²) in [5.41, 5.74) is 3.29. The molecule has 0 aliphatic carbocycles. The van der Waals surface area contributed by atoms with Crippen molar-refractivity contribution in [1.82, 2.24) is 15.6 Å². The molecule has 2 N–H and O–H groups in total.